The van der Waals surface area contributed by atoms with Crippen LogP contribution in [0.3, 0.4) is 0 Å². The summed E-state index contributed by atoms with van der Waals surface area (Å²) in [5.74, 6) is 0.673. The lowest BCUT2D eigenvalue weighted by Crippen LogP contribution is -2.13. The first-order valence-corrected chi connectivity index (χ1v) is 8.28. The number of benzene rings is 2. The topological polar surface area (TPSA) is 47.6 Å². The second kappa shape index (κ2) is 7.90. The van der Waals surface area contributed by atoms with Gasteiger partial charge in [0, 0.05) is 10.6 Å². The second-order valence-electron chi connectivity index (χ2n) is 4.50. The van der Waals surface area contributed by atoms with Crippen molar-refractivity contribution < 1.29 is 14.3 Å². The van der Waals surface area contributed by atoms with Crippen molar-refractivity contribution in [1.82, 2.24) is 0 Å². The van der Waals surface area contributed by atoms with Gasteiger partial charge >= 0.3 is 0 Å². The number of anilines is 1. The molecule has 7 heteroatoms. The van der Waals surface area contributed by atoms with E-state index in [2.05, 4.69) is 21.2 Å². The summed E-state index contributed by atoms with van der Waals surface area (Å²) < 4.78 is 11.4. The van der Waals surface area contributed by atoms with E-state index in [0.29, 0.717) is 43.9 Å². The second-order valence-corrected chi connectivity index (χ2v) is 6.20. The van der Waals surface area contributed by atoms with Crippen LogP contribution in [-0.2, 0) is 0 Å². The molecule has 23 heavy (non-hydrogen) atoms. The van der Waals surface area contributed by atoms with Crippen LogP contribution < -0.4 is 14.8 Å². The average molecular weight is 419 g/mol. The molecule has 2 rings (SSSR count). The van der Waals surface area contributed by atoms with E-state index in [4.69, 9.17) is 32.7 Å². The van der Waals surface area contributed by atoms with E-state index in [9.17, 15) is 4.79 Å². The van der Waals surface area contributed by atoms with Gasteiger partial charge in [0.25, 0.3) is 5.91 Å². The fourth-order valence-electron chi connectivity index (χ4n) is 1.92. The molecule has 2 aromatic carbocycles. The van der Waals surface area contributed by atoms with Crippen LogP contribution in [0.15, 0.2) is 34.8 Å². The molecule has 0 heterocycles. The molecule has 0 bridgehead atoms. The summed E-state index contributed by atoms with van der Waals surface area (Å²) in [5.41, 5.74) is 0.835. The number of ether oxygens (including phenoxy) is 2. The summed E-state index contributed by atoms with van der Waals surface area (Å²) in [5, 5.41) is 3.61. The maximum atomic E-state index is 12.4. The van der Waals surface area contributed by atoms with Gasteiger partial charge in [-0.1, -0.05) is 23.2 Å². The number of nitrogens with one attached hydrogen (secondary N) is 1. The number of hydrogen-bond acceptors (Lipinski definition) is 3. The predicted octanol–water partition coefficient (Wildman–Crippen LogP) is 5.42. The molecule has 0 aliphatic heterocycles. The first-order valence-electron chi connectivity index (χ1n) is 6.73. The number of rotatable bonds is 5. The highest BCUT2D eigenvalue weighted by molar-refractivity contribution is 9.10. The van der Waals surface area contributed by atoms with Gasteiger partial charge in [0.2, 0.25) is 0 Å². The van der Waals surface area contributed by atoms with Crippen LogP contribution in [0.4, 0.5) is 5.69 Å². The summed E-state index contributed by atoms with van der Waals surface area (Å²) in [7, 11) is 1.51. The molecule has 0 aliphatic carbocycles. The highest BCUT2D eigenvalue weighted by Crippen LogP contribution is 2.37. The lowest BCUT2D eigenvalue weighted by atomic mass is 10.1. The molecule has 0 aromatic heterocycles. The zero-order chi connectivity index (χ0) is 17.0. The number of carbonyl (C=O) groups is 1. The SMILES string of the molecule is CCOc1c(Br)cc(C(=O)Nc2cc(Cl)ccc2Cl)cc1OC. The van der Waals surface area contributed by atoms with Crippen molar-refractivity contribution >= 4 is 50.7 Å². The molecule has 0 unspecified atom stereocenters. The number of amides is 1. The lowest BCUT2D eigenvalue weighted by molar-refractivity contribution is 0.102. The molecule has 0 radical (unpaired) electrons. The van der Waals surface area contributed by atoms with E-state index in [1.165, 1.54) is 7.11 Å². The van der Waals surface area contributed by atoms with Crippen molar-refractivity contribution in [1.29, 1.82) is 0 Å². The van der Waals surface area contributed by atoms with Gasteiger partial charge in [-0.15, -0.1) is 0 Å². The molecule has 0 saturated carbocycles. The highest BCUT2D eigenvalue weighted by Gasteiger charge is 2.16. The van der Waals surface area contributed by atoms with Gasteiger partial charge < -0.3 is 14.8 Å². The Morgan fingerprint density at radius 2 is 2.00 bits per heavy atom. The normalized spacial score (nSPS) is 10.3. The van der Waals surface area contributed by atoms with Crippen LogP contribution in [0.5, 0.6) is 11.5 Å². The molecule has 0 fully saturated rings. The summed E-state index contributed by atoms with van der Waals surface area (Å²) >= 11 is 15.4. The van der Waals surface area contributed by atoms with Crippen LogP contribution in [0.25, 0.3) is 0 Å². The number of hydrogen-bond donors (Lipinski definition) is 1. The van der Waals surface area contributed by atoms with Crippen molar-refractivity contribution in [2.75, 3.05) is 19.0 Å². The third kappa shape index (κ3) is 4.31. The first-order chi connectivity index (χ1) is 11.0. The first kappa shape index (κ1) is 17.9. The van der Waals surface area contributed by atoms with Crippen molar-refractivity contribution in [3.05, 3.63) is 50.4 Å². The third-order valence-corrected chi connectivity index (χ3v) is 4.11. The van der Waals surface area contributed by atoms with Gasteiger partial charge in [-0.05, 0) is 53.2 Å². The van der Waals surface area contributed by atoms with E-state index in [-0.39, 0.29) is 5.91 Å². The maximum Gasteiger partial charge on any atom is 0.255 e. The van der Waals surface area contributed by atoms with Gasteiger partial charge in [-0.3, -0.25) is 4.79 Å². The molecule has 0 atom stereocenters. The fraction of sp³-hybridized carbons (Fsp3) is 0.188. The van der Waals surface area contributed by atoms with E-state index >= 15 is 0 Å². The Bertz CT molecular complexity index is 738. The highest BCUT2D eigenvalue weighted by atomic mass is 79.9. The third-order valence-electron chi connectivity index (χ3n) is 2.96. The Kier molecular flexibility index (Phi) is 6.16. The number of methoxy groups -OCH3 is 1. The predicted molar refractivity (Wildman–Crippen MR) is 96.3 cm³/mol. The van der Waals surface area contributed by atoms with Crippen LogP contribution in [0, 0.1) is 0 Å². The van der Waals surface area contributed by atoms with Crippen molar-refractivity contribution in [2.45, 2.75) is 6.92 Å². The van der Waals surface area contributed by atoms with Gasteiger partial charge in [0.05, 0.1) is 28.9 Å². The average Bonchev–Trinajstić information content (AvgIpc) is 2.52. The summed E-state index contributed by atoms with van der Waals surface area (Å²) in [6.07, 6.45) is 0. The van der Waals surface area contributed by atoms with Gasteiger partial charge in [0.1, 0.15) is 0 Å². The van der Waals surface area contributed by atoms with Gasteiger partial charge in [-0.25, -0.2) is 0 Å². The van der Waals surface area contributed by atoms with Crippen LogP contribution in [-0.4, -0.2) is 19.6 Å². The molecular weight excluding hydrogens is 405 g/mol. The van der Waals surface area contributed by atoms with Crippen LogP contribution in [0.2, 0.25) is 10.0 Å². The Morgan fingerprint density at radius 3 is 2.65 bits per heavy atom. The Morgan fingerprint density at radius 1 is 1.26 bits per heavy atom. The molecule has 0 aliphatic rings. The van der Waals surface area contributed by atoms with Crippen LogP contribution in [0.1, 0.15) is 17.3 Å². The minimum Gasteiger partial charge on any atom is -0.493 e. The minimum atomic E-state index is -0.337. The molecule has 2 aromatic rings. The zero-order valence-electron chi connectivity index (χ0n) is 12.5. The lowest BCUT2D eigenvalue weighted by Gasteiger charge is -2.14. The smallest absolute Gasteiger partial charge is 0.255 e. The summed E-state index contributed by atoms with van der Waals surface area (Å²) in [6.45, 7) is 2.35. The summed E-state index contributed by atoms with van der Waals surface area (Å²) in [6, 6.07) is 8.11. The Labute approximate surface area is 152 Å². The quantitative estimate of drug-likeness (QED) is 0.705. The standard InChI is InChI=1S/C16H14BrCl2NO3/c1-3-23-15-11(17)6-9(7-14(15)22-2)16(21)20-13-8-10(18)4-5-12(13)19/h4-8H,3H2,1-2H3,(H,20,21). The molecule has 1 amide bonds. The van der Waals surface area contributed by atoms with Crippen molar-refractivity contribution in [2.24, 2.45) is 0 Å². The monoisotopic (exact) mass is 417 g/mol. The van der Waals surface area contributed by atoms with Crippen molar-refractivity contribution in [3.8, 4) is 11.5 Å². The zero-order valence-corrected chi connectivity index (χ0v) is 15.6. The maximum absolute atomic E-state index is 12.4. The summed E-state index contributed by atoms with van der Waals surface area (Å²) in [4.78, 5) is 12.4. The van der Waals surface area contributed by atoms with Gasteiger partial charge in [-0.2, -0.15) is 0 Å². The van der Waals surface area contributed by atoms with E-state index < -0.39 is 0 Å². The molecular formula is C16H14BrCl2NO3. The van der Waals surface area contributed by atoms with Gasteiger partial charge in [0.15, 0.2) is 11.5 Å². The Hall–Kier alpha value is -1.43. The van der Waals surface area contributed by atoms with E-state index in [0.717, 1.165) is 0 Å². The molecule has 0 spiro atoms. The largest absolute Gasteiger partial charge is 0.493 e. The number of halogens is 3. The van der Waals surface area contributed by atoms with Crippen molar-refractivity contribution in [3.63, 3.8) is 0 Å². The van der Waals surface area contributed by atoms with E-state index in [1.807, 2.05) is 6.92 Å². The van der Waals surface area contributed by atoms with E-state index in [1.54, 1.807) is 30.3 Å². The molecule has 1 N–H and O–H groups in total. The van der Waals surface area contributed by atoms with Crippen LogP contribution >= 0.6 is 39.1 Å². The molecule has 0 saturated heterocycles. The molecule has 4 nitrogen and oxygen atoms in total. The Balaban J connectivity index is 2.32. The molecule has 122 valence electrons. The fourth-order valence-corrected chi connectivity index (χ4v) is 2.82. The minimum absolute atomic E-state index is 0.337. The number of carbonyl (C=O) groups excluding carboxylic acids is 1.